The molecule has 18 heavy (non-hydrogen) atoms. The second-order valence-corrected chi connectivity index (χ2v) is 5.36. The largest absolute Gasteiger partial charge is 0.382 e. The number of halogens is 1. The van der Waals surface area contributed by atoms with Crippen molar-refractivity contribution in [1.82, 2.24) is 0 Å². The van der Waals surface area contributed by atoms with Gasteiger partial charge in [0.2, 0.25) is 0 Å². The molecule has 0 saturated heterocycles. The molecule has 1 atom stereocenters. The van der Waals surface area contributed by atoms with Crippen molar-refractivity contribution in [2.75, 3.05) is 5.32 Å². The summed E-state index contributed by atoms with van der Waals surface area (Å²) in [4.78, 5) is 0. The lowest BCUT2D eigenvalue weighted by atomic mass is 10.0. The predicted molar refractivity (Wildman–Crippen MR) is 82.0 cm³/mol. The van der Waals surface area contributed by atoms with Crippen molar-refractivity contribution in [1.29, 1.82) is 0 Å². The van der Waals surface area contributed by atoms with Gasteiger partial charge in [-0.05, 0) is 42.7 Å². The van der Waals surface area contributed by atoms with Crippen LogP contribution in [0, 0.1) is 0 Å². The molecule has 0 fully saturated rings. The molecule has 1 unspecified atom stereocenters. The molecule has 2 heteroatoms. The molecule has 1 N–H and O–H groups in total. The van der Waals surface area contributed by atoms with E-state index in [0.717, 1.165) is 17.3 Å². The van der Waals surface area contributed by atoms with E-state index in [9.17, 15) is 0 Å². The topological polar surface area (TPSA) is 12.0 Å². The molecular weight excluding hydrogens is 286 g/mol. The van der Waals surface area contributed by atoms with E-state index >= 15 is 0 Å². The van der Waals surface area contributed by atoms with Crippen molar-refractivity contribution in [3.63, 3.8) is 0 Å². The predicted octanol–water partition coefficient (Wildman–Crippen LogP) is 4.88. The van der Waals surface area contributed by atoms with Crippen molar-refractivity contribution < 1.29 is 0 Å². The first kappa shape index (κ1) is 13.2. The fourth-order valence-electron chi connectivity index (χ4n) is 1.98. The Morgan fingerprint density at radius 1 is 1.00 bits per heavy atom. The Balaban J connectivity index is 1.99. The normalized spacial score (nSPS) is 12.1. The van der Waals surface area contributed by atoms with Crippen molar-refractivity contribution in [3.05, 3.63) is 64.6 Å². The van der Waals surface area contributed by atoms with Gasteiger partial charge in [0.1, 0.15) is 0 Å². The van der Waals surface area contributed by atoms with Crippen LogP contribution in [0.3, 0.4) is 0 Å². The molecule has 2 aromatic rings. The van der Waals surface area contributed by atoms with Gasteiger partial charge >= 0.3 is 0 Å². The van der Waals surface area contributed by atoms with Crippen LogP contribution in [-0.4, -0.2) is 6.04 Å². The van der Waals surface area contributed by atoms with E-state index in [1.165, 1.54) is 11.3 Å². The fraction of sp³-hybridized carbons (Fsp3) is 0.250. The Bertz CT molecular complexity index is 464. The van der Waals surface area contributed by atoms with Gasteiger partial charge in [0.15, 0.2) is 0 Å². The number of nitrogens with one attached hydrogen (secondary N) is 1. The summed E-state index contributed by atoms with van der Waals surface area (Å²) in [6.45, 7) is 2.22. The molecule has 0 aromatic heterocycles. The van der Waals surface area contributed by atoms with Crippen molar-refractivity contribution in [2.45, 2.75) is 25.8 Å². The molecule has 0 bridgehead atoms. The third-order valence-electron chi connectivity index (χ3n) is 3.03. The van der Waals surface area contributed by atoms with Gasteiger partial charge in [-0.1, -0.05) is 53.2 Å². The molecule has 2 aromatic carbocycles. The zero-order valence-corrected chi connectivity index (χ0v) is 12.2. The lowest BCUT2D eigenvalue weighted by Crippen LogP contribution is -2.21. The Morgan fingerprint density at radius 2 is 1.67 bits per heavy atom. The molecule has 0 aliphatic heterocycles. The minimum absolute atomic E-state index is 0.480. The molecule has 0 aliphatic rings. The van der Waals surface area contributed by atoms with Crippen LogP contribution in [0.15, 0.2) is 59.1 Å². The van der Waals surface area contributed by atoms with E-state index in [4.69, 9.17) is 0 Å². The highest BCUT2D eigenvalue weighted by molar-refractivity contribution is 9.10. The highest BCUT2D eigenvalue weighted by Crippen LogP contribution is 2.17. The standard InChI is InChI=1S/C16H18BrN/c1-2-15(12-13-6-4-3-5-7-13)18-16-10-8-14(17)9-11-16/h3-11,15,18H,2,12H2,1H3. The van der Waals surface area contributed by atoms with Crippen molar-refractivity contribution in [3.8, 4) is 0 Å². The van der Waals surface area contributed by atoms with Gasteiger partial charge in [0.05, 0.1) is 0 Å². The minimum Gasteiger partial charge on any atom is -0.382 e. The summed E-state index contributed by atoms with van der Waals surface area (Å²) in [6.07, 6.45) is 2.18. The lowest BCUT2D eigenvalue weighted by molar-refractivity contribution is 0.690. The summed E-state index contributed by atoms with van der Waals surface area (Å²) in [5.41, 5.74) is 2.56. The Labute approximate surface area is 117 Å². The second kappa shape index (κ2) is 6.60. The molecule has 0 saturated carbocycles. The summed E-state index contributed by atoms with van der Waals surface area (Å²) >= 11 is 3.45. The molecule has 94 valence electrons. The molecule has 0 radical (unpaired) electrons. The third kappa shape index (κ3) is 3.88. The van der Waals surface area contributed by atoms with E-state index in [0.29, 0.717) is 6.04 Å². The number of rotatable bonds is 5. The molecule has 0 amide bonds. The van der Waals surface area contributed by atoms with Crippen molar-refractivity contribution in [2.24, 2.45) is 0 Å². The number of hydrogen-bond acceptors (Lipinski definition) is 1. The quantitative estimate of drug-likeness (QED) is 0.830. The van der Waals surface area contributed by atoms with Crippen LogP contribution >= 0.6 is 15.9 Å². The summed E-state index contributed by atoms with van der Waals surface area (Å²) in [5.74, 6) is 0. The van der Waals surface area contributed by atoms with Gasteiger partial charge in [0.25, 0.3) is 0 Å². The molecular formula is C16H18BrN. The summed E-state index contributed by atoms with van der Waals surface area (Å²) in [7, 11) is 0. The Hall–Kier alpha value is -1.28. The average molecular weight is 304 g/mol. The van der Waals surface area contributed by atoms with Crippen LogP contribution in [0.4, 0.5) is 5.69 Å². The van der Waals surface area contributed by atoms with Gasteiger partial charge in [-0.3, -0.25) is 0 Å². The SMILES string of the molecule is CCC(Cc1ccccc1)Nc1ccc(Br)cc1. The number of anilines is 1. The van der Waals surface area contributed by atoms with Gasteiger partial charge in [0, 0.05) is 16.2 Å². The molecule has 1 nitrogen and oxygen atoms in total. The maximum atomic E-state index is 3.58. The van der Waals surface area contributed by atoms with Crippen molar-refractivity contribution >= 4 is 21.6 Å². The average Bonchev–Trinajstić information content (AvgIpc) is 2.41. The van der Waals surface area contributed by atoms with Gasteiger partial charge < -0.3 is 5.32 Å². The minimum atomic E-state index is 0.480. The van der Waals surface area contributed by atoms with E-state index in [1.54, 1.807) is 0 Å². The molecule has 0 spiro atoms. The zero-order valence-electron chi connectivity index (χ0n) is 10.6. The zero-order chi connectivity index (χ0) is 12.8. The lowest BCUT2D eigenvalue weighted by Gasteiger charge is -2.18. The molecule has 0 aliphatic carbocycles. The summed E-state index contributed by atoms with van der Waals surface area (Å²) in [6, 6.07) is 19.5. The van der Waals surface area contributed by atoms with Gasteiger partial charge in [-0.25, -0.2) is 0 Å². The van der Waals surface area contributed by atoms with Crippen LogP contribution in [0.25, 0.3) is 0 Å². The Kier molecular flexibility index (Phi) is 4.82. The van der Waals surface area contributed by atoms with Crippen LogP contribution < -0.4 is 5.32 Å². The fourth-order valence-corrected chi connectivity index (χ4v) is 2.24. The second-order valence-electron chi connectivity index (χ2n) is 4.45. The van der Waals surface area contributed by atoms with Crippen LogP contribution in [0.2, 0.25) is 0 Å². The van der Waals surface area contributed by atoms with Crippen LogP contribution in [0.5, 0.6) is 0 Å². The summed E-state index contributed by atoms with van der Waals surface area (Å²) < 4.78 is 1.11. The van der Waals surface area contributed by atoms with Gasteiger partial charge in [-0.15, -0.1) is 0 Å². The molecule has 2 rings (SSSR count). The number of benzene rings is 2. The monoisotopic (exact) mass is 303 g/mol. The summed E-state index contributed by atoms with van der Waals surface area (Å²) in [5, 5.41) is 3.58. The maximum Gasteiger partial charge on any atom is 0.0343 e. The van der Waals surface area contributed by atoms with Crippen LogP contribution in [0.1, 0.15) is 18.9 Å². The first-order chi connectivity index (χ1) is 8.78. The van der Waals surface area contributed by atoms with E-state index in [2.05, 4.69) is 82.8 Å². The smallest absolute Gasteiger partial charge is 0.0343 e. The first-order valence-corrected chi connectivity index (χ1v) is 7.13. The van der Waals surface area contributed by atoms with E-state index < -0.39 is 0 Å². The van der Waals surface area contributed by atoms with E-state index in [1.807, 2.05) is 0 Å². The maximum absolute atomic E-state index is 3.58. The van der Waals surface area contributed by atoms with Gasteiger partial charge in [-0.2, -0.15) is 0 Å². The van der Waals surface area contributed by atoms with Crippen LogP contribution in [-0.2, 0) is 6.42 Å². The Morgan fingerprint density at radius 3 is 2.28 bits per heavy atom. The molecule has 0 heterocycles. The number of hydrogen-bond donors (Lipinski definition) is 1. The third-order valence-corrected chi connectivity index (χ3v) is 3.56. The first-order valence-electron chi connectivity index (χ1n) is 6.34. The van der Waals surface area contributed by atoms with E-state index in [-0.39, 0.29) is 0 Å². The highest BCUT2D eigenvalue weighted by atomic mass is 79.9. The highest BCUT2D eigenvalue weighted by Gasteiger charge is 2.06.